The van der Waals surface area contributed by atoms with Gasteiger partial charge in [-0.15, -0.1) is 11.8 Å². The third-order valence-electron chi connectivity index (χ3n) is 3.35. The molecule has 3 heteroatoms. The predicted octanol–water partition coefficient (Wildman–Crippen LogP) is 4.48. The van der Waals surface area contributed by atoms with E-state index >= 15 is 0 Å². The summed E-state index contributed by atoms with van der Waals surface area (Å²) in [7, 11) is 4.19. The second-order valence-corrected chi connectivity index (χ2v) is 6.11. The van der Waals surface area contributed by atoms with Gasteiger partial charge < -0.3 is 9.64 Å². The van der Waals surface area contributed by atoms with Gasteiger partial charge in [0, 0.05) is 17.9 Å². The van der Waals surface area contributed by atoms with Crippen molar-refractivity contribution in [1.29, 1.82) is 0 Å². The van der Waals surface area contributed by atoms with Gasteiger partial charge in [-0.05, 0) is 38.0 Å². The van der Waals surface area contributed by atoms with E-state index in [1.807, 2.05) is 12.1 Å². The second kappa shape index (κ2) is 8.11. The van der Waals surface area contributed by atoms with Crippen LogP contribution in [0.3, 0.4) is 0 Å². The minimum Gasteiger partial charge on any atom is -0.485 e. The first-order valence-electron chi connectivity index (χ1n) is 7.20. The Morgan fingerprint density at radius 2 is 1.67 bits per heavy atom. The van der Waals surface area contributed by atoms with Crippen molar-refractivity contribution in [3.63, 3.8) is 0 Å². The van der Waals surface area contributed by atoms with Crippen LogP contribution in [0.15, 0.2) is 59.5 Å². The number of thioether (sulfide) groups is 1. The average molecular weight is 301 g/mol. The number of nitrogens with zero attached hydrogens (tertiary/aromatic N) is 1. The molecule has 2 aromatic rings. The van der Waals surface area contributed by atoms with Gasteiger partial charge in [0.25, 0.3) is 0 Å². The standard InChI is InChI=1S/C18H23NOS/c1-19(2)14-13-16(15-9-5-4-6-10-15)20-17-11-7-8-12-18(17)21-3/h4-12,16H,13-14H2,1-3H3/t16-/m1/s1. The van der Waals surface area contributed by atoms with E-state index in [1.54, 1.807) is 11.8 Å². The Hall–Kier alpha value is -1.45. The van der Waals surface area contributed by atoms with Gasteiger partial charge in [0.15, 0.2) is 0 Å². The maximum atomic E-state index is 6.33. The number of hydrogen-bond acceptors (Lipinski definition) is 3. The molecule has 2 aromatic carbocycles. The van der Waals surface area contributed by atoms with Gasteiger partial charge >= 0.3 is 0 Å². The highest BCUT2D eigenvalue weighted by Gasteiger charge is 2.15. The van der Waals surface area contributed by atoms with Gasteiger partial charge in [0.2, 0.25) is 0 Å². The van der Waals surface area contributed by atoms with E-state index in [0.29, 0.717) is 0 Å². The molecule has 21 heavy (non-hydrogen) atoms. The van der Waals surface area contributed by atoms with Crippen LogP contribution in [0.5, 0.6) is 5.75 Å². The summed E-state index contributed by atoms with van der Waals surface area (Å²) in [6, 6.07) is 18.7. The smallest absolute Gasteiger partial charge is 0.133 e. The lowest BCUT2D eigenvalue weighted by atomic mass is 10.1. The molecule has 0 aliphatic carbocycles. The highest BCUT2D eigenvalue weighted by Crippen LogP contribution is 2.32. The molecule has 0 radical (unpaired) electrons. The van der Waals surface area contributed by atoms with Crippen LogP contribution in [0.2, 0.25) is 0 Å². The Morgan fingerprint density at radius 3 is 2.33 bits per heavy atom. The molecule has 0 unspecified atom stereocenters. The lowest BCUT2D eigenvalue weighted by Gasteiger charge is -2.22. The molecule has 0 amide bonds. The van der Waals surface area contributed by atoms with Gasteiger partial charge in [0.1, 0.15) is 11.9 Å². The predicted molar refractivity (Wildman–Crippen MR) is 91.2 cm³/mol. The molecule has 0 aromatic heterocycles. The van der Waals surface area contributed by atoms with Crippen molar-refractivity contribution in [2.45, 2.75) is 17.4 Å². The number of hydrogen-bond donors (Lipinski definition) is 0. The van der Waals surface area contributed by atoms with Crippen LogP contribution in [0.1, 0.15) is 18.1 Å². The Bertz CT molecular complexity index is 542. The molecule has 0 fully saturated rings. The van der Waals surface area contributed by atoms with E-state index < -0.39 is 0 Å². The molecule has 0 saturated carbocycles. The third-order valence-corrected chi connectivity index (χ3v) is 4.13. The molecule has 0 N–H and O–H groups in total. The zero-order chi connectivity index (χ0) is 15.1. The lowest BCUT2D eigenvalue weighted by Crippen LogP contribution is -2.19. The van der Waals surface area contributed by atoms with E-state index in [9.17, 15) is 0 Å². The summed E-state index contributed by atoms with van der Waals surface area (Å²) in [5.41, 5.74) is 1.23. The van der Waals surface area contributed by atoms with Crippen LogP contribution in [0.4, 0.5) is 0 Å². The van der Waals surface area contributed by atoms with Gasteiger partial charge in [-0.3, -0.25) is 0 Å². The zero-order valence-corrected chi connectivity index (χ0v) is 13.8. The van der Waals surface area contributed by atoms with Gasteiger partial charge in [-0.2, -0.15) is 0 Å². The lowest BCUT2D eigenvalue weighted by molar-refractivity contribution is 0.175. The van der Waals surface area contributed by atoms with Crippen molar-refractivity contribution in [2.24, 2.45) is 0 Å². The number of rotatable bonds is 7. The molecule has 0 heterocycles. The Kier molecular flexibility index (Phi) is 6.15. The first kappa shape index (κ1) is 15.9. The quantitative estimate of drug-likeness (QED) is 0.700. The van der Waals surface area contributed by atoms with E-state index in [2.05, 4.69) is 67.7 Å². The van der Waals surface area contributed by atoms with Crippen molar-refractivity contribution in [1.82, 2.24) is 4.90 Å². The van der Waals surface area contributed by atoms with Crippen LogP contribution in [-0.2, 0) is 0 Å². The van der Waals surface area contributed by atoms with Crippen molar-refractivity contribution in [3.8, 4) is 5.75 Å². The molecule has 0 bridgehead atoms. The summed E-state index contributed by atoms with van der Waals surface area (Å²) in [4.78, 5) is 3.38. The third kappa shape index (κ3) is 4.80. The van der Waals surface area contributed by atoms with Crippen LogP contribution in [0.25, 0.3) is 0 Å². The molecular weight excluding hydrogens is 278 g/mol. The molecule has 2 rings (SSSR count). The highest BCUT2D eigenvalue weighted by atomic mass is 32.2. The number of para-hydroxylation sites is 1. The fourth-order valence-electron chi connectivity index (χ4n) is 2.21. The Morgan fingerprint density at radius 1 is 1.00 bits per heavy atom. The largest absolute Gasteiger partial charge is 0.485 e. The Labute approximate surface area is 132 Å². The number of ether oxygens (including phenoxy) is 1. The zero-order valence-electron chi connectivity index (χ0n) is 13.0. The average Bonchev–Trinajstić information content (AvgIpc) is 2.52. The van der Waals surface area contributed by atoms with Crippen molar-refractivity contribution in [3.05, 3.63) is 60.2 Å². The summed E-state index contributed by atoms with van der Waals surface area (Å²) < 4.78 is 6.33. The first-order valence-corrected chi connectivity index (χ1v) is 8.42. The van der Waals surface area contributed by atoms with E-state index in [-0.39, 0.29) is 6.10 Å². The monoisotopic (exact) mass is 301 g/mol. The Balaban J connectivity index is 2.19. The highest BCUT2D eigenvalue weighted by molar-refractivity contribution is 7.98. The van der Waals surface area contributed by atoms with Gasteiger partial charge in [0.05, 0.1) is 0 Å². The summed E-state index contributed by atoms with van der Waals surface area (Å²) >= 11 is 1.72. The van der Waals surface area contributed by atoms with Gasteiger partial charge in [-0.25, -0.2) is 0 Å². The topological polar surface area (TPSA) is 12.5 Å². The molecule has 112 valence electrons. The molecule has 1 atom stereocenters. The summed E-state index contributed by atoms with van der Waals surface area (Å²) in [5, 5.41) is 0. The van der Waals surface area contributed by atoms with Crippen molar-refractivity contribution < 1.29 is 4.74 Å². The minimum absolute atomic E-state index is 0.0851. The van der Waals surface area contributed by atoms with Crippen molar-refractivity contribution >= 4 is 11.8 Å². The van der Waals surface area contributed by atoms with Crippen LogP contribution < -0.4 is 4.74 Å². The molecule has 2 nitrogen and oxygen atoms in total. The molecular formula is C18H23NOS. The SMILES string of the molecule is CSc1ccccc1O[C@H](CCN(C)C)c1ccccc1. The summed E-state index contributed by atoms with van der Waals surface area (Å²) in [6.07, 6.45) is 3.14. The van der Waals surface area contributed by atoms with Crippen LogP contribution in [-0.4, -0.2) is 31.8 Å². The minimum atomic E-state index is 0.0851. The molecule has 0 saturated heterocycles. The van der Waals surface area contributed by atoms with Crippen LogP contribution >= 0.6 is 11.8 Å². The van der Waals surface area contributed by atoms with E-state index in [4.69, 9.17) is 4.74 Å². The van der Waals surface area contributed by atoms with E-state index in [0.717, 1.165) is 18.7 Å². The number of benzene rings is 2. The normalized spacial score (nSPS) is 12.4. The molecule has 0 aliphatic rings. The fraction of sp³-hybridized carbons (Fsp3) is 0.333. The second-order valence-electron chi connectivity index (χ2n) is 5.26. The maximum Gasteiger partial charge on any atom is 0.133 e. The first-order chi connectivity index (χ1) is 10.2. The molecule has 0 aliphatic heterocycles. The van der Waals surface area contributed by atoms with Gasteiger partial charge in [-0.1, -0.05) is 42.5 Å². The van der Waals surface area contributed by atoms with E-state index in [1.165, 1.54) is 10.5 Å². The van der Waals surface area contributed by atoms with Crippen molar-refractivity contribution in [2.75, 3.05) is 26.9 Å². The summed E-state index contributed by atoms with van der Waals surface area (Å²) in [6.45, 7) is 1.00. The fourth-order valence-corrected chi connectivity index (χ4v) is 2.74. The maximum absolute atomic E-state index is 6.33. The van der Waals surface area contributed by atoms with Crippen LogP contribution in [0, 0.1) is 0 Å². The summed E-state index contributed by atoms with van der Waals surface area (Å²) in [5.74, 6) is 0.970. The molecule has 0 spiro atoms.